The van der Waals surface area contributed by atoms with Crippen molar-refractivity contribution in [2.45, 2.75) is 50.2 Å². The fraction of sp³-hybridized carbons (Fsp3) is 0.348. The zero-order valence-electron chi connectivity index (χ0n) is 17.7. The minimum atomic E-state index is -0.397. The molecule has 0 bridgehead atoms. The predicted molar refractivity (Wildman–Crippen MR) is 121 cm³/mol. The lowest BCUT2D eigenvalue weighted by molar-refractivity contribution is -0.120. The predicted octanol–water partition coefficient (Wildman–Crippen LogP) is 4.17. The summed E-state index contributed by atoms with van der Waals surface area (Å²) >= 11 is 1.31. The first kappa shape index (κ1) is 21.9. The number of fused-ring (bicyclic) bond motifs is 1. The van der Waals surface area contributed by atoms with E-state index in [4.69, 9.17) is 9.72 Å². The van der Waals surface area contributed by atoms with Crippen molar-refractivity contribution in [2.24, 2.45) is 0 Å². The van der Waals surface area contributed by atoms with Crippen molar-refractivity contribution >= 4 is 28.6 Å². The first-order valence-corrected chi connectivity index (χ1v) is 10.9. The highest BCUT2D eigenvalue weighted by atomic mass is 32.2. The molecule has 2 aromatic carbocycles. The molecule has 0 aliphatic heterocycles. The highest BCUT2D eigenvalue weighted by molar-refractivity contribution is 8.00. The third-order valence-electron chi connectivity index (χ3n) is 5.08. The molecule has 1 N–H and O–H groups in total. The topological polar surface area (TPSA) is 73.2 Å². The number of methoxy groups -OCH3 is 1. The maximum absolute atomic E-state index is 13.1. The number of amides is 1. The van der Waals surface area contributed by atoms with Crippen LogP contribution >= 0.6 is 11.8 Å². The van der Waals surface area contributed by atoms with Gasteiger partial charge in [-0.25, -0.2) is 4.98 Å². The van der Waals surface area contributed by atoms with Crippen LogP contribution in [0.3, 0.4) is 0 Å². The molecule has 1 heterocycles. The van der Waals surface area contributed by atoms with Gasteiger partial charge in [0.15, 0.2) is 5.16 Å². The van der Waals surface area contributed by atoms with Gasteiger partial charge in [0, 0.05) is 12.6 Å². The van der Waals surface area contributed by atoms with Crippen LogP contribution in [0.1, 0.15) is 38.8 Å². The zero-order valence-corrected chi connectivity index (χ0v) is 18.5. The van der Waals surface area contributed by atoms with Gasteiger partial charge in [0.2, 0.25) is 5.91 Å². The van der Waals surface area contributed by atoms with Crippen LogP contribution in [0.2, 0.25) is 0 Å². The molecular formula is C23H27N3O3S. The number of para-hydroxylation sites is 1. The van der Waals surface area contributed by atoms with Crippen molar-refractivity contribution < 1.29 is 9.53 Å². The number of hydrogen-bond donors (Lipinski definition) is 1. The molecular weight excluding hydrogens is 398 g/mol. The van der Waals surface area contributed by atoms with Gasteiger partial charge >= 0.3 is 0 Å². The number of ether oxygens (including phenoxy) is 1. The van der Waals surface area contributed by atoms with Crippen LogP contribution in [0.15, 0.2) is 58.5 Å². The van der Waals surface area contributed by atoms with Gasteiger partial charge in [-0.15, -0.1) is 0 Å². The fourth-order valence-corrected chi connectivity index (χ4v) is 4.10. The Balaban J connectivity index is 1.78. The minimum absolute atomic E-state index is 0.00772. The van der Waals surface area contributed by atoms with E-state index >= 15 is 0 Å². The lowest BCUT2D eigenvalue weighted by Gasteiger charge is -2.20. The number of benzene rings is 2. The van der Waals surface area contributed by atoms with E-state index in [0.29, 0.717) is 22.6 Å². The molecule has 1 aromatic heterocycles. The number of nitrogens with one attached hydrogen (secondary N) is 1. The van der Waals surface area contributed by atoms with Crippen LogP contribution in [0.4, 0.5) is 0 Å². The average Bonchev–Trinajstić information content (AvgIpc) is 2.77. The number of nitrogens with zero attached hydrogens (tertiary/aromatic N) is 2. The van der Waals surface area contributed by atoms with Gasteiger partial charge in [-0.05, 0) is 50.1 Å². The van der Waals surface area contributed by atoms with Gasteiger partial charge in [-0.3, -0.25) is 14.2 Å². The van der Waals surface area contributed by atoms with E-state index in [9.17, 15) is 9.59 Å². The maximum Gasteiger partial charge on any atom is 0.262 e. The van der Waals surface area contributed by atoms with Crippen molar-refractivity contribution in [3.05, 3.63) is 64.4 Å². The Bertz CT molecular complexity index is 1080. The number of thioether (sulfide) groups is 1. The van der Waals surface area contributed by atoms with Crippen LogP contribution in [0.5, 0.6) is 5.75 Å². The van der Waals surface area contributed by atoms with E-state index in [1.165, 1.54) is 11.8 Å². The number of hydrogen-bond acceptors (Lipinski definition) is 5. The molecule has 0 unspecified atom stereocenters. The molecule has 0 fully saturated rings. The summed E-state index contributed by atoms with van der Waals surface area (Å²) in [6.07, 6.45) is 0.797. The molecule has 0 aliphatic carbocycles. The van der Waals surface area contributed by atoms with Crippen LogP contribution in [0, 0.1) is 0 Å². The summed E-state index contributed by atoms with van der Waals surface area (Å²) in [5, 5.41) is 3.72. The smallest absolute Gasteiger partial charge is 0.262 e. The van der Waals surface area contributed by atoms with Crippen molar-refractivity contribution in [3.8, 4) is 5.75 Å². The number of aromatic nitrogens is 2. The van der Waals surface area contributed by atoms with Crippen LogP contribution in [-0.4, -0.2) is 27.8 Å². The molecule has 0 spiro atoms. The Morgan fingerprint density at radius 3 is 2.53 bits per heavy atom. The molecule has 2 atom stereocenters. The minimum Gasteiger partial charge on any atom is -0.497 e. The van der Waals surface area contributed by atoms with E-state index in [2.05, 4.69) is 5.32 Å². The monoisotopic (exact) mass is 425 g/mol. The van der Waals surface area contributed by atoms with Crippen molar-refractivity contribution in [2.75, 3.05) is 7.11 Å². The molecule has 6 nitrogen and oxygen atoms in total. The summed E-state index contributed by atoms with van der Waals surface area (Å²) in [4.78, 5) is 30.4. The average molecular weight is 426 g/mol. The molecule has 0 aliphatic rings. The summed E-state index contributed by atoms with van der Waals surface area (Å²) in [6, 6.07) is 14.9. The van der Waals surface area contributed by atoms with Crippen LogP contribution in [0.25, 0.3) is 10.9 Å². The molecule has 0 saturated carbocycles. The summed E-state index contributed by atoms with van der Waals surface area (Å²) in [6.45, 7) is 6.29. The second kappa shape index (κ2) is 9.80. The van der Waals surface area contributed by atoms with Crippen LogP contribution in [-0.2, 0) is 11.3 Å². The summed E-state index contributed by atoms with van der Waals surface area (Å²) in [5.41, 5.74) is 1.57. The third kappa shape index (κ3) is 4.84. The fourth-order valence-electron chi connectivity index (χ4n) is 3.07. The van der Waals surface area contributed by atoms with Crippen molar-refractivity contribution in [1.82, 2.24) is 14.9 Å². The van der Waals surface area contributed by atoms with Gasteiger partial charge in [-0.2, -0.15) is 0 Å². The lowest BCUT2D eigenvalue weighted by atomic mass is 10.2. The molecule has 1 amide bonds. The van der Waals surface area contributed by atoms with Gasteiger partial charge in [0.1, 0.15) is 5.75 Å². The highest BCUT2D eigenvalue weighted by Crippen LogP contribution is 2.26. The second-order valence-corrected chi connectivity index (χ2v) is 8.48. The van der Waals surface area contributed by atoms with Gasteiger partial charge in [0.05, 0.1) is 23.3 Å². The van der Waals surface area contributed by atoms with Crippen LogP contribution < -0.4 is 15.6 Å². The third-order valence-corrected chi connectivity index (χ3v) is 6.15. The standard InChI is InChI=1S/C23H27N3O3S/c1-5-15(2)26-22(28)19-8-6-7-9-20(19)25-23(26)30-16(3)21(27)24-14-17-10-12-18(29-4)13-11-17/h6-13,15-16H,5,14H2,1-4H3,(H,24,27)/t15-,16+/m1/s1. The Kier molecular flexibility index (Phi) is 7.15. The van der Waals surface area contributed by atoms with Gasteiger partial charge in [0.25, 0.3) is 5.56 Å². The van der Waals surface area contributed by atoms with Gasteiger partial charge in [-0.1, -0.05) is 43.0 Å². The summed E-state index contributed by atoms with van der Waals surface area (Å²) in [5.74, 6) is 0.674. The molecule has 3 aromatic rings. The maximum atomic E-state index is 13.1. The zero-order chi connectivity index (χ0) is 21.7. The first-order valence-electron chi connectivity index (χ1n) is 10.0. The van der Waals surface area contributed by atoms with E-state index in [-0.39, 0.29) is 17.5 Å². The molecule has 3 rings (SSSR count). The summed E-state index contributed by atoms with van der Waals surface area (Å²) < 4.78 is 6.86. The normalized spacial score (nSPS) is 13.1. The largest absolute Gasteiger partial charge is 0.497 e. The Morgan fingerprint density at radius 1 is 1.17 bits per heavy atom. The highest BCUT2D eigenvalue weighted by Gasteiger charge is 2.21. The quantitative estimate of drug-likeness (QED) is 0.433. The van der Waals surface area contributed by atoms with E-state index in [1.54, 1.807) is 17.7 Å². The number of carbonyl (C=O) groups excluding carboxylic acids is 1. The van der Waals surface area contributed by atoms with E-state index in [1.807, 2.05) is 63.2 Å². The van der Waals surface area contributed by atoms with E-state index in [0.717, 1.165) is 17.7 Å². The Morgan fingerprint density at radius 2 is 1.87 bits per heavy atom. The SMILES string of the molecule is CC[C@@H](C)n1c(S[C@@H](C)C(=O)NCc2ccc(OC)cc2)nc2ccccc2c1=O. The second-order valence-electron chi connectivity index (χ2n) is 7.17. The van der Waals surface area contributed by atoms with E-state index < -0.39 is 5.25 Å². The number of rotatable bonds is 8. The molecule has 30 heavy (non-hydrogen) atoms. The van der Waals surface area contributed by atoms with Crippen molar-refractivity contribution in [3.63, 3.8) is 0 Å². The lowest BCUT2D eigenvalue weighted by Crippen LogP contribution is -2.32. The first-order chi connectivity index (χ1) is 14.4. The van der Waals surface area contributed by atoms with Crippen molar-refractivity contribution in [1.29, 1.82) is 0 Å². The number of carbonyl (C=O) groups is 1. The Labute approximate surface area is 180 Å². The molecule has 158 valence electrons. The molecule has 0 radical (unpaired) electrons. The molecule has 7 heteroatoms. The molecule has 0 saturated heterocycles. The summed E-state index contributed by atoms with van der Waals surface area (Å²) in [7, 11) is 1.62. The van der Waals surface area contributed by atoms with Gasteiger partial charge < -0.3 is 10.1 Å². The Hall–Kier alpha value is -2.80.